The number of anilines is 2. The van der Waals surface area contributed by atoms with E-state index in [0.717, 1.165) is 30.4 Å². The molecular weight excluding hydrogens is 626 g/mol. The third-order valence-electron chi connectivity index (χ3n) is 8.64. The molecule has 0 radical (unpaired) electrons. The smallest absolute Gasteiger partial charge is 0.352 e. The van der Waals surface area contributed by atoms with Gasteiger partial charge in [0.05, 0.1) is 31.0 Å². The lowest BCUT2D eigenvalue weighted by molar-refractivity contribution is -0.116. The van der Waals surface area contributed by atoms with Crippen LogP contribution in [0.25, 0.3) is 11.1 Å². The Bertz CT molecular complexity index is 1910. The zero-order chi connectivity index (χ0) is 34.5. The van der Waals surface area contributed by atoms with Gasteiger partial charge in [0, 0.05) is 61.0 Å². The van der Waals surface area contributed by atoms with Crippen molar-refractivity contribution in [2.75, 3.05) is 30.9 Å². The predicted octanol–water partition coefficient (Wildman–Crippen LogP) is 6.16. The molecule has 12 heteroatoms. The molecule has 1 fully saturated rings. The summed E-state index contributed by atoms with van der Waals surface area (Å²) in [7, 11) is 3.20. The first-order chi connectivity index (χ1) is 23.7. The second kappa shape index (κ2) is 14.5. The summed E-state index contributed by atoms with van der Waals surface area (Å²) in [6.07, 6.45) is 7.18. The SMILES string of the molecule is COc1cc2c(cc1OCCCC(=O)Nc1ccc(C(=O)Nc3ccc(-c4cc(C(=O)O)n(C)c4)cc3)cc1)N=C[C@@H]1CCCCN1C2=O. The number of aliphatic imine (C=N–C) groups is 1. The summed E-state index contributed by atoms with van der Waals surface area (Å²) in [5.74, 6) is -0.668. The summed E-state index contributed by atoms with van der Waals surface area (Å²) >= 11 is 0. The molecule has 1 saturated heterocycles. The van der Waals surface area contributed by atoms with E-state index in [2.05, 4.69) is 15.6 Å². The topological polar surface area (TPSA) is 152 Å². The lowest BCUT2D eigenvalue weighted by atomic mass is 10.0. The summed E-state index contributed by atoms with van der Waals surface area (Å²) in [6.45, 7) is 0.965. The predicted molar refractivity (Wildman–Crippen MR) is 185 cm³/mol. The van der Waals surface area contributed by atoms with Crippen LogP contribution in [0.15, 0.2) is 77.9 Å². The number of carboxylic acids is 1. The van der Waals surface area contributed by atoms with E-state index in [4.69, 9.17) is 9.47 Å². The number of hydrogen-bond acceptors (Lipinski definition) is 7. The molecule has 1 atom stereocenters. The van der Waals surface area contributed by atoms with Crippen molar-refractivity contribution < 1.29 is 33.8 Å². The maximum Gasteiger partial charge on any atom is 0.352 e. The number of aryl methyl sites for hydroxylation is 1. The van der Waals surface area contributed by atoms with Gasteiger partial charge in [0.15, 0.2) is 11.5 Å². The van der Waals surface area contributed by atoms with Crippen molar-refractivity contribution in [2.24, 2.45) is 12.0 Å². The van der Waals surface area contributed by atoms with Gasteiger partial charge >= 0.3 is 5.97 Å². The quantitative estimate of drug-likeness (QED) is 0.163. The van der Waals surface area contributed by atoms with Crippen molar-refractivity contribution in [3.05, 3.63) is 89.7 Å². The number of nitrogens with one attached hydrogen (secondary N) is 2. The molecule has 4 aromatic rings. The van der Waals surface area contributed by atoms with Crippen molar-refractivity contribution in [1.29, 1.82) is 0 Å². The van der Waals surface area contributed by atoms with Gasteiger partial charge < -0.3 is 34.7 Å². The number of hydrogen-bond donors (Lipinski definition) is 3. The molecule has 2 aliphatic rings. The summed E-state index contributed by atoms with van der Waals surface area (Å²) in [6, 6.07) is 18.7. The zero-order valence-corrected chi connectivity index (χ0v) is 27.3. The number of carboxylic acid groups (broad SMARTS) is 1. The van der Waals surface area contributed by atoms with Crippen molar-refractivity contribution >= 4 is 47.0 Å². The van der Waals surface area contributed by atoms with Crippen molar-refractivity contribution in [3.63, 3.8) is 0 Å². The number of benzene rings is 3. The van der Waals surface area contributed by atoms with Crippen LogP contribution in [0.1, 0.15) is 63.3 Å². The van der Waals surface area contributed by atoms with Crippen molar-refractivity contribution in [3.8, 4) is 22.6 Å². The highest BCUT2D eigenvalue weighted by molar-refractivity contribution is 6.05. The fourth-order valence-corrected chi connectivity index (χ4v) is 6.01. The second-order valence-corrected chi connectivity index (χ2v) is 12.0. The number of rotatable bonds is 11. The van der Waals surface area contributed by atoms with Crippen LogP contribution < -0.4 is 20.1 Å². The first-order valence-corrected chi connectivity index (χ1v) is 16.1. The van der Waals surface area contributed by atoms with Crippen LogP contribution >= 0.6 is 0 Å². The summed E-state index contributed by atoms with van der Waals surface area (Å²) in [5, 5.41) is 15.0. The minimum atomic E-state index is -1.00. The lowest BCUT2D eigenvalue weighted by Crippen LogP contribution is -2.43. The molecule has 0 aliphatic carbocycles. The van der Waals surface area contributed by atoms with E-state index in [1.165, 1.54) is 7.11 Å². The Labute approximate surface area is 283 Å². The molecule has 0 spiro atoms. The Balaban J connectivity index is 0.976. The van der Waals surface area contributed by atoms with E-state index in [1.807, 2.05) is 23.2 Å². The minimum Gasteiger partial charge on any atom is -0.493 e. The second-order valence-electron chi connectivity index (χ2n) is 12.0. The van der Waals surface area contributed by atoms with Gasteiger partial charge in [-0.2, -0.15) is 0 Å². The van der Waals surface area contributed by atoms with Crippen LogP contribution in [0.3, 0.4) is 0 Å². The number of amides is 3. The molecule has 12 nitrogen and oxygen atoms in total. The molecule has 0 unspecified atom stereocenters. The molecule has 0 saturated carbocycles. The third kappa shape index (κ3) is 7.48. The summed E-state index contributed by atoms with van der Waals surface area (Å²) < 4.78 is 13.0. The van der Waals surface area contributed by atoms with Crippen LogP contribution in [0.5, 0.6) is 11.5 Å². The van der Waals surface area contributed by atoms with E-state index in [-0.39, 0.29) is 42.5 Å². The number of methoxy groups -OCH3 is 1. The molecule has 3 aromatic carbocycles. The minimum absolute atomic E-state index is 0.000832. The third-order valence-corrected chi connectivity index (χ3v) is 8.64. The van der Waals surface area contributed by atoms with Crippen LogP contribution in [0.4, 0.5) is 17.1 Å². The maximum atomic E-state index is 13.2. The Kier molecular flexibility index (Phi) is 9.74. The molecule has 3 N–H and O–H groups in total. The highest BCUT2D eigenvalue weighted by Gasteiger charge is 2.31. The van der Waals surface area contributed by atoms with E-state index in [0.29, 0.717) is 52.7 Å². The Hall–Kier alpha value is -5.91. The number of aromatic nitrogens is 1. The number of carbonyl (C=O) groups excluding carboxylic acids is 3. The van der Waals surface area contributed by atoms with Crippen LogP contribution in [0.2, 0.25) is 0 Å². The summed E-state index contributed by atoms with van der Waals surface area (Å²) in [4.78, 5) is 56.4. The van der Waals surface area contributed by atoms with Crippen LogP contribution in [-0.4, -0.2) is 70.8 Å². The number of ether oxygens (including phenoxy) is 2. The maximum absolute atomic E-state index is 13.2. The molecule has 49 heavy (non-hydrogen) atoms. The van der Waals surface area contributed by atoms with Crippen molar-refractivity contribution in [2.45, 2.75) is 38.1 Å². The van der Waals surface area contributed by atoms with Gasteiger partial charge in [-0.25, -0.2) is 4.79 Å². The molecule has 0 bridgehead atoms. The molecule has 3 heterocycles. The van der Waals surface area contributed by atoms with Gasteiger partial charge in [-0.3, -0.25) is 19.4 Å². The number of piperidine rings is 1. The summed E-state index contributed by atoms with van der Waals surface area (Å²) in [5.41, 5.74) is 4.37. The molecular formula is C37H37N5O7. The fourth-order valence-electron chi connectivity index (χ4n) is 6.01. The standard InChI is InChI=1S/C37H37N5O7/c1-41-22-25(18-31(41)37(46)47)23-8-12-27(13-9-23)40-35(44)24-10-14-26(15-11-24)39-34(43)7-5-17-49-33-20-30-29(19-32(33)48-2)36(45)42-16-4-3-6-28(42)21-38-30/h8-15,18-22,28H,3-7,16-17H2,1-2H3,(H,39,43)(H,40,44)(H,46,47)/t28-/m0/s1. The zero-order valence-electron chi connectivity index (χ0n) is 27.3. The largest absolute Gasteiger partial charge is 0.493 e. The van der Waals surface area contributed by atoms with Gasteiger partial charge in [-0.05, 0) is 79.8 Å². The molecule has 2 aliphatic heterocycles. The van der Waals surface area contributed by atoms with Gasteiger partial charge in [0.2, 0.25) is 5.91 Å². The molecule has 252 valence electrons. The van der Waals surface area contributed by atoms with E-state index in [1.54, 1.807) is 72.4 Å². The van der Waals surface area contributed by atoms with Gasteiger partial charge in [0.1, 0.15) is 5.69 Å². The highest BCUT2D eigenvalue weighted by Crippen LogP contribution is 2.38. The van der Waals surface area contributed by atoms with E-state index >= 15 is 0 Å². The van der Waals surface area contributed by atoms with Crippen LogP contribution in [0, 0.1) is 0 Å². The average molecular weight is 664 g/mol. The first-order valence-electron chi connectivity index (χ1n) is 16.1. The Morgan fingerprint density at radius 1 is 0.939 bits per heavy atom. The van der Waals surface area contributed by atoms with Crippen molar-refractivity contribution in [1.82, 2.24) is 9.47 Å². The fraction of sp³-hybridized carbons (Fsp3) is 0.270. The van der Waals surface area contributed by atoms with Gasteiger partial charge in [-0.1, -0.05) is 12.1 Å². The van der Waals surface area contributed by atoms with E-state index in [9.17, 15) is 24.3 Å². The Morgan fingerprint density at radius 3 is 2.39 bits per heavy atom. The number of aromatic carboxylic acids is 1. The average Bonchev–Trinajstić information content (AvgIpc) is 3.45. The number of carbonyl (C=O) groups is 4. The lowest BCUT2D eigenvalue weighted by Gasteiger charge is -2.32. The van der Waals surface area contributed by atoms with Gasteiger partial charge in [-0.15, -0.1) is 0 Å². The van der Waals surface area contributed by atoms with Gasteiger partial charge in [0.25, 0.3) is 11.8 Å². The normalized spacial score (nSPS) is 15.1. The highest BCUT2D eigenvalue weighted by atomic mass is 16.5. The molecule has 6 rings (SSSR count). The number of fused-ring (bicyclic) bond motifs is 2. The first kappa shape index (κ1) is 33.0. The number of nitrogens with zero attached hydrogens (tertiary/aromatic N) is 3. The van der Waals surface area contributed by atoms with E-state index < -0.39 is 5.97 Å². The van der Waals surface area contributed by atoms with Crippen LogP contribution in [-0.2, 0) is 11.8 Å². The monoisotopic (exact) mass is 663 g/mol. The molecule has 1 aromatic heterocycles. The Morgan fingerprint density at radius 2 is 1.67 bits per heavy atom. The molecule has 3 amide bonds.